The van der Waals surface area contributed by atoms with Crippen LogP contribution >= 0.6 is 8.53 Å². The van der Waals surface area contributed by atoms with Gasteiger partial charge < -0.3 is 29.0 Å². The number of alkyl halides is 3. The van der Waals surface area contributed by atoms with E-state index < -0.39 is 51.3 Å². The maximum Gasteiger partial charge on any atom is 0.351 e. The van der Waals surface area contributed by atoms with Crippen LogP contribution in [-0.4, -0.2) is 61.4 Å². The number of ether oxygens (including phenoxy) is 2. The summed E-state index contributed by atoms with van der Waals surface area (Å²) in [6.45, 7) is 2.00. The van der Waals surface area contributed by atoms with Crippen LogP contribution < -0.4 is 21.0 Å². The Kier molecular flexibility index (Phi) is 14.6. The summed E-state index contributed by atoms with van der Waals surface area (Å²) in [6, 6.07) is 13.2. The van der Waals surface area contributed by atoms with Crippen LogP contribution in [-0.2, 0) is 18.8 Å². The van der Waals surface area contributed by atoms with Crippen LogP contribution in [0.5, 0.6) is 5.75 Å². The molecule has 1 aliphatic rings. The van der Waals surface area contributed by atoms with Gasteiger partial charge in [0.05, 0.1) is 25.5 Å². The largest absolute Gasteiger partial charge is 0.436 e. The Balaban J connectivity index is 0.000000653. The molecule has 1 fully saturated rings. The Morgan fingerprint density at radius 2 is 1.90 bits per heavy atom. The summed E-state index contributed by atoms with van der Waals surface area (Å²) in [5.74, 6) is -0.933. The average Bonchev–Trinajstić information content (AvgIpc) is 3.32. The van der Waals surface area contributed by atoms with E-state index in [0.717, 1.165) is 21.5 Å². The zero-order chi connectivity index (χ0) is 30.4. The van der Waals surface area contributed by atoms with Crippen LogP contribution in [0.3, 0.4) is 0 Å². The predicted molar refractivity (Wildman–Crippen MR) is 147 cm³/mol. The van der Waals surface area contributed by atoms with Gasteiger partial charge >= 0.3 is 14.2 Å². The molecule has 2 heterocycles. The summed E-state index contributed by atoms with van der Waals surface area (Å²) in [5, 5.41) is 4.81. The maximum absolute atomic E-state index is 14.6. The van der Waals surface area contributed by atoms with Gasteiger partial charge in [0.25, 0.3) is 0 Å². The third kappa shape index (κ3) is 11.0. The zero-order valence-corrected chi connectivity index (χ0v) is 23.6. The van der Waals surface area contributed by atoms with Crippen molar-refractivity contribution in [3.05, 3.63) is 65.0 Å². The number of fused-ring (bicyclic) bond motifs is 1. The predicted octanol–water partition coefficient (Wildman–Crippen LogP) is 4.78. The van der Waals surface area contributed by atoms with Gasteiger partial charge in [-0.2, -0.15) is 4.98 Å². The molecule has 41 heavy (non-hydrogen) atoms. The van der Waals surface area contributed by atoms with E-state index in [1.807, 2.05) is 50.2 Å². The van der Waals surface area contributed by atoms with Crippen LogP contribution in [0, 0.1) is 5.82 Å². The Hall–Kier alpha value is -3.16. The van der Waals surface area contributed by atoms with E-state index in [-0.39, 0.29) is 19.6 Å². The van der Waals surface area contributed by atoms with Crippen molar-refractivity contribution in [2.45, 2.75) is 44.9 Å². The highest BCUT2D eigenvalue weighted by molar-refractivity contribution is 7.45. The Bertz CT molecular complexity index is 1290. The second-order valence-corrected chi connectivity index (χ2v) is 9.88. The molecule has 3 aromatic rings. The van der Waals surface area contributed by atoms with E-state index in [4.69, 9.17) is 24.3 Å². The Morgan fingerprint density at radius 3 is 2.54 bits per heavy atom. The van der Waals surface area contributed by atoms with Gasteiger partial charge in [0, 0.05) is 13.5 Å². The summed E-state index contributed by atoms with van der Waals surface area (Å²) >= 11 is 0. The smallest absolute Gasteiger partial charge is 0.351 e. The standard InChI is InChI=1S/C21H21F2N4O5P.C4H10O.CH2F2/c22-16-10-19(27-11-17(23)20(24)26-21(27)29)31-18(16)12-30-33(25-7-8-28)32-15-6-5-13-3-1-2-4-14(13)9-15;1-4(2)5-3;2-1-3/h1-6,8-9,11,16,18-19,25H,7,10,12H2,(H2,24,26,29);4H,1-3H3;1H2. The number of nitrogens with one attached hydrogen (secondary N) is 1. The second-order valence-electron chi connectivity index (χ2n) is 8.61. The molecule has 2 aromatic carbocycles. The summed E-state index contributed by atoms with van der Waals surface area (Å²) in [4.78, 5) is 26.2. The SMILES string of the molecule is COC(C)C.FCF.Nc1nc(=O)n(C2CC(F)C(COP(NCC=O)Oc3ccc4ccccc4c3)O2)cc1F. The molecule has 4 rings (SSSR count). The molecule has 15 heteroatoms. The van der Waals surface area contributed by atoms with Crippen molar-refractivity contribution >= 4 is 31.4 Å². The van der Waals surface area contributed by atoms with Crippen LogP contribution in [0.25, 0.3) is 10.8 Å². The van der Waals surface area contributed by atoms with E-state index in [1.165, 1.54) is 0 Å². The molecule has 0 amide bonds. The lowest BCUT2D eigenvalue weighted by Gasteiger charge is -2.21. The van der Waals surface area contributed by atoms with Crippen LogP contribution in [0.4, 0.5) is 23.4 Å². The van der Waals surface area contributed by atoms with E-state index >= 15 is 0 Å². The van der Waals surface area contributed by atoms with Crippen molar-refractivity contribution in [3.63, 3.8) is 0 Å². The van der Waals surface area contributed by atoms with E-state index in [2.05, 4.69) is 10.1 Å². The molecule has 4 atom stereocenters. The van der Waals surface area contributed by atoms with Crippen LogP contribution in [0.2, 0.25) is 0 Å². The molecule has 4 unspecified atom stereocenters. The van der Waals surface area contributed by atoms with Crippen molar-refractivity contribution in [1.82, 2.24) is 14.6 Å². The number of hydrogen-bond donors (Lipinski definition) is 2. The average molecular weight is 605 g/mol. The van der Waals surface area contributed by atoms with Crippen molar-refractivity contribution < 1.29 is 40.9 Å². The van der Waals surface area contributed by atoms with Crippen LogP contribution in [0.1, 0.15) is 26.5 Å². The number of benzene rings is 2. The molecule has 1 aromatic heterocycles. The minimum Gasteiger partial charge on any atom is -0.436 e. The number of hydrogen-bond acceptors (Lipinski definition) is 9. The lowest BCUT2D eigenvalue weighted by atomic mass is 10.1. The number of nitrogen functional groups attached to an aromatic ring is 1. The number of aromatic nitrogens is 2. The van der Waals surface area contributed by atoms with E-state index in [1.54, 1.807) is 13.2 Å². The highest BCUT2D eigenvalue weighted by Crippen LogP contribution is 2.38. The topological polar surface area (TPSA) is 127 Å². The first-order valence-corrected chi connectivity index (χ1v) is 13.6. The highest BCUT2D eigenvalue weighted by atomic mass is 31.2. The minimum atomic E-state index is -1.80. The second kappa shape index (κ2) is 17.6. The number of halogens is 4. The number of rotatable bonds is 10. The lowest BCUT2D eigenvalue weighted by molar-refractivity contribution is -0.107. The summed E-state index contributed by atoms with van der Waals surface area (Å²) < 4.78 is 70.2. The highest BCUT2D eigenvalue weighted by Gasteiger charge is 2.38. The van der Waals surface area contributed by atoms with Gasteiger partial charge in [-0.1, -0.05) is 30.3 Å². The van der Waals surface area contributed by atoms with Crippen molar-refractivity contribution in [3.8, 4) is 5.75 Å². The molecule has 226 valence electrons. The fraction of sp³-hybridized carbons (Fsp3) is 0.423. The molecule has 0 aliphatic carbocycles. The first-order chi connectivity index (χ1) is 19.6. The van der Waals surface area contributed by atoms with Gasteiger partial charge in [-0.15, -0.1) is 0 Å². The monoisotopic (exact) mass is 604 g/mol. The van der Waals surface area contributed by atoms with Gasteiger partial charge in [0.2, 0.25) is 6.93 Å². The Morgan fingerprint density at radius 1 is 1.24 bits per heavy atom. The first kappa shape index (κ1) is 34.0. The maximum atomic E-state index is 14.6. The van der Waals surface area contributed by atoms with Crippen molar-refractivity contribution in [2.24, 2.45) is 0 Å². The number of nitrogens with zero attached hydrogens (tertiary/aromatic N) is 2. The number of carbonyl (C=O) groups excluding carboxylic acids is 1. The van der Waals surface area contributed by atoms with Crippen molar-refractivity contribution in [1.29, 1.82) is 0 Å². The van der Waals surface area contributed by atoms with Crippen molar-refractivity contribution in [2.75, 3.05) is 32.9 Å². The van der Waals surface area contributed by atoms with Gasteiger partial charge in [0.15, 0.2) is 11.6 Å². The number of carbonyl (C=O) groups is 1. The van der Waals surface area contributed by atoms with Gasteiger partial charge in [-0.25, -0.2) is 27.4 Å². The summed E-state index contributed by atoms with van der Waals surface area (Å²) in [5.41, 5.74) is 4.43. The first-order valence-electron chi connectivity index (χ1n) is 12.4. The molecule has 0 spiro atoms. The van der Waals surface area contributed by atoms with Gasteiger partial charge in [-0.3, -0.25) is 4.57 Å². The van der Waals surface area contributed by atoms with Gasteiger partial charge in [-0.05, 0) is 36.8 Å². The zero-order valence-electron chi connectivity index (χ0n) is 22.7. The molecule has 3 N–H and O–H groups in total. The fourth-order valence-electron chi connectivity index (χ4n) is 3.35. The van der Waals surface area contributed by atoms with Crippen LogP contribution in [0.15, 0.2) is 53.5 Å². The number of methoxy groups -OCH3 is 1. The van der Waals surface area contributed by atoms with Gasteiger partial charge in [0.1, 0.15) is 30.5 Å². The third-order valence-corrected chi connectivity index (χ3v) is 6.65. The number of nitrogens with two attached hydrogens (primary N) is 1. The summed E-state index contributed by atoms with van der Waals surface area (Å²) in [7, 11) is -0.104. The minimum absolute atomic E-state index is 0.0295. The molecule has 0 radical (unpaired) electrons. The lowest BCUT2D eigenvalue weighted by Crippen LogP contribution is -2.29. The molecular formula is C26H33F4N4O6P. The van der Waals surface area contributed by atoms with E-state index in [9.17, 15) is 27.2 Å². The quantitative estimate of drug-likeness (QED) is 0.191. The summed E-state index contributed by atoms with van der Waals surface area (Å²) in [6.07, 6.45) is -1.89. The number of anilines is 1. The molecule has 0 saturated carbocycles. The Labute approximate surface area is 235 Å². The molecule has 10 nitrogen and oxygen atoms in total. The molecular weight excluding hydrogens is 571 g/mol. The number of aldehydes is 1. The normalized spacial score (nSPS) is 18.7. The fourth-order valence-corrected chi connectivity index (χ4v) is 4.37. The van der Waals surface area contributed by atoms with E-state index in [0.29, 0.717) is 18.1 Å². The molecule has 0 bridgehead atoms. The molecule has 1 saturated heterocycles. The molecule has 1 aliphatic heterocycles. The third-order valence-electron chi connectivity index (χ3n) is 5.45.